The van der Waals surface area contributed by atoms with E-state index in [1.807, 2.05) is 0 Å². The number of benzene rings is 1. The van der Waals surface area contributed by atoms with Gasteiger partial charge in [-0.1, -0.05) is 20.8 Å². The molecule has 8 nitrogen and oxygen atoms in total. The summed E-state index contributed by atoms with van der Waals surface area (Å²) in [6, 6.07) is 6.08. The van der Waals surface area contributed by atoms with E-state index in [1.165, 1.54) is 6.92 Å². The van der Waals surface area contributed by atoms with Gasteiger partial charge in [-0.2, -0.15) is 0 Å². The van der Waals surface area contributed by atoms with E-state index in [0.717, 1.165) is 11.3 Å². The van der Waals surface area contributed by atoms with Gasteiger partial charge >= 0.3 is 6.03 Å². The summed E-state index contributed by atoms with van der Waals surface area (Å²) in [7, 11) is 0. The second-order valence-electron chi connectivity index (χ2n) is 9.06. The lowest BCUT2D eigenvalue weighted by atomic mass is 9.64. The maximum atomic E-state index is 13.1. The number of hydrogen-bond acceptors (Lipinski definition) is 4. The molecule has 1 aliphatic carbocycles. The number of rotatable bonds is 4. The minimum absolute atomic E-state index is 0.0610. The number of nitrogens with one attached hydrogen (secondary N) is 3. The second-order valence-corrected chi connectivity index (χ2v) is 9.06. The summed E-state index contributed by atoms with van der Waals surface area (Å²) in [5.41, 5.74) is 0.145. The normalized spacial score (nSPS) is 25.7. The van der Waals surface area contributed by atoms with Crippen LogP contribution in [0.1, 0.15) is 47.0 Å². The predicted molar refractivity (Wildman–Crippen MR) is 109 cm³/mol. The lowest BCUT2D eigenvalue weighted by Gasteiger charge is -2.43. The zero-order chi connectivity index (χ0) is 21.4. The third kappa shape index (κ3) is 4.58. The van der Waals surface area contributed by atoms with Crippen molar-refractivity contribution >= 4 is 35.1 Å². The Morgan fingerprint density at radius 1 is 1.10 bits per heavy atom. The third-order valence-electron chi connectivity index (χ3n) is 5.41. The Kier molecular flexibility index (Phi) is 5.38. The van der Waals surface area contributed by atoms with Crippen LogP contribution in [0.3, 0.4) is 0 Å². The van der Waals surface area contributed by atoms with Crippen LogP contribution >= 0.6 is 0 Å². The van der Waals surface area contributed by atoms with Crippen molar-refractivity contribution in [1.82, 2.24) is 10.2 Å². The highest BCUT2D eigenvalue weighted by Gasteiger charge is 2.56. The third-order valence-corrected chi connectivity index (χ3v) is 5.41. The highest BCUT2D eigenvalue weighted by Crippen LogP contribution is 2.46. The molecule has 2 atom stereocenters. The van der Waals surface area contributed by atoms with Crippen molar-refractivity contribution in [3.8, 4) is 0 Å². The van der Waals surface area contributed by atoms with Crippen LogP contribution in [0.2, 0.25) is 0 Å². The van der Waals surface area contributed by atoms with Crippen molar-refractivity contribution in [3.63, 3.8) is 0 Å². The van der Waals surface area contributed by atoms with Crippen molar-refractivity contribution in [2.24, 2.45) is 11.3 Å². The molecular formula is C21H28N4O4. The fraction of sp³-hybridized carbons (Fsp3) is 0.524. The van der Waals surface area contributed by atoms with E-state index in [1.54, 1.807) is 24.3 Å². The van der Waals surface area contributed by atoms with Crippen molar-refractivity contribution in [2.75, 3.05) is 17.2 Å². The van der Waals surface area contributed by atoms with Crippen LogP contribution in [0.25, 0.3) is 0 Å². The molecular weight excluding hydrogens is 372 g/mol. The number of amides is 5. The first-order valence-electron chi connectivity index (χ1n) is 9.81. The molecule has 0 bridgehead atoms. The predicted octanol–water partition coefficient (Wildman–Crippen LogP) is 2.72. The Hall–Kier alpha value is -2.90. The van der Waals surface area contributed by atoms with Crippen LogP contribution in [0.4, 0.5) is 16.2 Å². The van der Waals surface area contributed by atoms with Crippen LogP contribution in [0.15, 0.2) is 24.3 Å². The van der Waals surface area contributed by atoms with E-state index >= 15 is 0 Å². The monoisotopic (exact) mass is 400 g/mol. The van der Waals surface area contributed by atoms with Crippen LogP contribution in [0, 0.1) is 11.3 Å². The Morgan fingerprint density at radius 2 is 1.69 bits per heavy atom. The fourth-order valence-electron chi connectivity index (χ4n) is 4.83. The Labute approximate surface area is 170 Å². The second kappa shape index (κ2) is 7.50. The van der Waals surface area contributed by atoms with Crippen LogP contribution in [0.5, 0.6) is 0 Å². The average molecular weight is 400 g/mol. The molecule has 1 saturated heterocycles. The molecule has 1 aromatic carbocycles. The number of carbonyl (C=O) groups excluding carboxylic acids is 4. The summed E-state index contributed by atoms with van der Waals surface area (Å²) >= 11 is 0. The van der Waals surface area contributed by atoms with Crippen molar-refractivity contribution in [3.05, 3.63) is 24.3 Å². The maximum Gasteiger partial charge on any atom is 0.325 e. The lowest BCUT2D eigenvalue weighted by molar-refractivity contribution is -0.136. The number of carbonyl (C=O) groups is 4. The zero-order valence-corrected chi connectivity index (χ0v) is 17.3. The molecule has 0 radical (unpaired) electrons. The molecule has 3 rings (SSSR count). The first-order valence-corrected chi connectivity index (χ1v) is 9.81. The van der Waals surface area contributed by atoms with Crippen molar-refractivity contribution in [1.29, 1.82) is 0 Å². The van der Waals surface area contributed by atoms with Crippen molar-refractivity contribution < 1.29 is 19.2 Å². The summed E-state index contributed by atoms with van der Waals surface area (Å²) in [4.78, 5) is 50.1. The molecule has 1 spiro atoms. The van der Waals surface area contributed by atoms with E-state index < -0.39 is 17.5 Å². The number of anilines is 2. The summed E-state index contributed by atoms with van der Waals surface area (Å²) in [5.74, 6) is -0.660. The molecule has 5 amide bonds. The smallest absolute Gasteiger partial charge is 0.325 e. The summed E-state index contributed by atoms with van der Waals surface area (Å²) in [6.07, 6.45) is 2.15. The largest absolute Gasteiger partial charge is 0.326 e. The molecule has 3 N–H and O–H groups in total. The Morgan fingerprint density at radius 3 is 2.24 bits per heavy atom. The van der Waals surface area contributed by atoms with Gasteiger partial charge in [0, 0.05) is 18.3 Å². The molecule has 1 aliphatic heterocycles. The standard InChI is InChI=1S/C21H28N4O4/c1-13-9-20(3,4)12-21(10-13)18(28)25(19(29)24-21)11-17(27)23-16-7-5-15(6-8-16)22-14(2)26/h5-8,13H,9-12H2,1-4H3,(H,22,26)(H,23,27)(H,24,29)/t13-,21-/m1/s1. The first-order chi connectivity index (χ1) is 13.5. The van der Waals surface area contributed by atoms with Gasteiger partial charge in [-0.25, -0.2) is 4.79 Å². The molecule has 29 heavy (non-hydrogen) atoms. The fourth-order valence-corrected chi connectivity index (χ4v) is 4.83. The van der Waals surface area contributed by atoms with E-state index in [-0.39, 0.29) is 23.8 Å². The average Bonchev–Trinajstić information content (AvgIpc) is 2.78. The van der Waals surface area contributed by atoms with Gasteiger partial charge in [-0.15, -0.1) is 0 Å². The van der Waals surface area contributed by atoms with Crippen LogP contribution in [-0.4, -0.2) is 40.7 Å². The maximum absolute atomic E-state index is 13.1. The highest BCUT2D eigenvalue weighted by molar-refractivity contribution is 6.10. The lowest BCUT2D eigenvalue weighted by Crippen LogP contribution is -2.54. The Bertz CT molecular complexity index is 849. The van der Waals surface area contributed by atoms with Crippen LogP contribution in [-0.2, 0) is 14.4 Å². The van der Waals surface area contributed by atoms with Crippen LogP contribution < -0.4 is 16.0 Å². The molecule has 2 aliphatic rings. The number of imide groups is 1. The van der Waals surface area contributed by atoms with E-state index in [4.69, 9.17) is 0 Å². The van der Waals surface area contributed by atoms with Gasteiger partial charge in [0.25, 0.3) is 5.91 Å². The van der Waals surface area contributed by atoms with Gasteiger partial charge in [0.1, 0.15) is 12.1 Å². The quantitative estimate of drug-likeness (QED) is 0.676. The van der Waals surface area contributed by atoms with Gasteiger partial charge in [0.2, 0.25) is 11.8 Å². The van der Waals surface area contributed by atoms with Gasteiger partial charge < -0.3 is 16.0 Å². The molecule has 0 unspecified atom stereocenters. The number of nitrogens with zero attached hydrogens (tertiary/aromatic N) is 1. The highest BCUT2D eigenvalue weighted by atomic mass is 16.2. The molecule has 0 aromatic heterocycles. The minimum atomic E-state index is -0.918. The molecule has 1 heterocycles. The summed E-state index contributed by atoms with van der Waals surface area (Å²) in [6.45, 7) is 7.36. The first kappa shape index (κ1) is 20.8. The van der Waals surface area contributed by atoms with E-state index in [9.17, 15) is 19.2 Å². The molecule has 1 saturated carbocycles. The molecule has 8 heteroatoms. The molecule has 1 aromatic rings. The van der Waals surface area contributed by atoms with Gasteiger partial charge in [-0.3, -0.25) is 19.3 Å². The van der Waals surface area contributed by atoms with Gasteiger partial charge in [0.05, 0.1) is 0 Å². The molecule has 156 valence electrons. The number of urea groups is 1. The van der Waals surface area contributed by atoms with E-state index in [0.29, 0.717) is 30.1 Å². The molecule has 2 fully saturated rings. The van der Waals surface area contributed by atoms with E-state index in [2.05, 4.69) is 36.7 Å². The number of hydrogen-bond donors (Lipinski definition) is 3. The summed E-state index contributed by atoms with van der Waals surface area (Å²) < 4.78 is 0. The SMILES string of the molecule is CC(=O)Nc1ccc(NC(=O)CN2C(=O)N[C@@]3(C[C@H](C)CC(C)(C)C3)C2=O)cc1. The minimum Gasteiger partial charge on any atom is -0.326 e. The Balaban J connectivity index is 1.65. The topological polar surface area (TPSA) is 108 Å². The van der Waals surface area contributed by atoms with Crippen molar-refractivity contribution in [2.45, 2.75) is 52.5 Å². The zero-order valence-electron chi connectivity index (χ0n) is 17.3. The van der Waals surface area contributed by atoms with Gasteiger partial charge in [-0.05, 0) is 54.9 Å². The summed E-state index contributed by atoms with van der Waals surface area (Å²) in [5, 5.41) is 8.19. The van der Waals surface area contributed by atoms with Gasteiger partial charge in [0.15, 0.2) is 0 Å².